The Bertz CT molecular complexity index is 308. The van der Waals surface area contributed by atoms with E-state index in [4.69, 9.17) is 0 Å². The molecule has 0 aromatic carbocycles. The standard InChI is InChI=1S/C19H37N3.ClH/c1-2-21(15-18-3-4-18)12-7-17-8-13-22(14-9-17)16-19-5-10-20-11-6-19;/h17-20H,2-16H2,1H3;1H. The Balaban J connectivity index is 0.00000192. The van der Waals surface area contributed by atoms with Gasteiger partial charge in [-0.3, -0.25) is 0 Å². The minimum atomic E-state index is 0. The first kappa shape index (κ1) is 19.5. The van der Waals surface area contributed by atoms with E-state index in [1.165, 1.54) is 97.3 Å². The first-order valence-electron chi connectivity index (χ1n) is 9.99. The molecule has 1 N–H and O–H groups in total. The fourth-order valence-electron chi connectivity index (χ4n) is 4.30. The second-order valence-electron chi connectivity index (χ2n) is 8.06. The second kappa shape index (κ2) is 10.2. The van der Waals surface area contributed by atoms with Gasteiger partial charge in [-0.15, -0.1) is 12.4 Å². The number of hydrogen-bond acceptors (Lipinski definition) is 3. The molecule has 0 aromatic rings. The highest BCUT2D eigenvalue weighted by molar-refractivity contribution is 5.85. The van der Waals surface area contributed by atoms with Crippen molar-refractivity contribution in [2.24, 2.45) is 17.8 Å². The molecular weight excluding hydrogens is 306 g/mol. The summed E-state index contributed by atoms with van der Waals surface area (Å²) in [5.41, 5.74) is 0. The Morgan fingerprint density at radius 1 is 0.913 bits per heavy atom. The lowest BCUT2D eigenvalue weighted by Gasteiger charge is -2.36. The van der Waals surface area contributed by atoms with E-state index >= 15 is 0 Å². The maximum Gasteiger partial charge on any atom is 0.00106 e. The Kier molecular flexibility index (Phi) is 8.67. The molecule has 23 heavy (non-hydrogen) atoms. The van der Waals surface area contributed by atoms with Gasteiger partial charge in [0, 0.05) is 13.1 Å². The summed E-state index contributed by atoms with van der Waals surface area (Å²) >= 11 is 0. The van der Waals surface area contributed by atoms with Crippen LogP contribution in [0.4, 0.5) is 0 Å². The zero-order chi connectivity index (χ0) is 15.2. The van der Waals surface area contributed by atoms with Crippen LogP contribution in [0.2, 0.25) is 0 Å². The van der Waals surface area contributed by atoms with E-state index in [1.54, 1.807) is 0 Å². The maximum atomic E-state index is 3.49. The first-order valence-corrected chi connectivity index (χ1v) is 9.99. The molecule has 0 radical (unpaired) electrons. The predicted octanol–water partition coefficient (Wildman–Crippen LogP) is 3.24. The number of nitrogens with zero attached hydrogens (tertiary/aromatic N) is 2. The van der Waals surface area contributed by atoms with Crippen LogP contribution in [0.25, 0.3) is 0 Å². The summed E-state index contributed by atoms with van der Waals surface area (Å²) in [5.74, 6) is 3.01. The van der Waals surface area contributed by atoms with Gasteiger partial charge in [0.25, 0.3) is 0 Å². The van der Waals surface area contributed by atoms with E-state index in [0.29, 0.717) is 0 Å². The molecule has 2 heterocycles. The van der Waals surface area contributed by atoms with Crippen molar-refractivity contribution in [1.29, 1.82) is 0 Å². The Morgan fingerprint density at radius 3 is 2.22 bits per heavy atom. The Hall–Kier alpha value is 0.170. The van der Waals surface area contributed by atoms with E-state index in [1.807, 2.05) is 0 Å². The number of halogens is 1. The van der Waals surface area contributed by atoms with Crippen LogP contribution in [0.5, 0.6) is 0 Å². The molecule has 0 bridgehead atoms. The zero-order valence-electron chi connectivity index (χ0n) is 15.1. The minimum absolute atomic E-state index is 0. The van der Waals surface area contributed by atoms with Crippen LogP contribution in [-0.4, -0.2) is 62.2 Å². The number of hydrogen-bond donors (Lipinski definition) is 1. The van der Waals surface area contributed by atoms with Gasteiger partial charge in [-0.25, -0.2) is 0 Å². The van der Waals surface area contributed by atoms with Crippen LogP contribution >= 0.6 is 12.4 Å². The number of rotatable bonds is 8. The molecule has 3 nitrogen and oxygen atoms in total. The van der Waals surface area contributed by atoms with E-state index < -0.39 is 0 Å². The SMILES string of the molecule is CCN(CCC1CCN(CC2CCNCC2)CC1)CC1CC1.Cl. The lowest BCUT2D eigenvalue weighted by atomic mass is 9.91. The van der Waals surface area contributed by atoms with Gasteiger partial charge >= 0.3 is 0 Å². The van der Waals surface area contributed by atoms with E-state index in [9.17, 15) is 0 Å². The predicted molar refractivity (Wildman–Crippen MR) is 101 cm³/mol. The normalized spacial score (nSPS) is 24.8. The van der Waals surface area contributed by atoms with Crippen LogP contribution in [0.15, 0.2) is 0 Å². The lowest BCUT2D eigenvalue weighted by Crippen LogP contribution is -2.40. The van der Waals surface area contributed by atoms with Gasteiger partial charge in [0.05, 0.1) is 0 Å². The van der Waals surface area contributed by atoms with Crippen molar-refractivity contribution in [2.45, 2.75) is 51.9 Å². The highest BCUT2D eigenvalue weighted by Gasteiger charge is 2.25. The Labute approximate surface area is 150 Å². The minimum Gasteiger partial charge on any atom is -0.317 e. The van der Waals surface area contributed by atoms with Crippen LogP contribution < -0.4 is 5.32 Å². The number of nitrogens with one attached hydrogen (secondary N) is 1. The third-order valence-corrected chi connectivity index (χ3v) is 6.20. The summed E-state index contributed by atoms with van der Waals surface area (Å²) in [7, 11) is 0. The van der Waals surface area contributed by atoms with E-state index in [-0.39, 0.29) is 12.4 Å². The van der Waals surface area contributed by atoms with Gasteiger partial charge in [0.15, 0.2) is 0 Å². The average molecular weight is 344 g/mol. The zero-order valence-corrected chi connectivity index (χ0v) is 16.0. The maximum absolute atomic E-state index is 3.49. The highest BCUT2D eigenvalue weighted by Crippen LogP contribution is 2.30. The monoisotopic (exact) mass is 343 g/mol. The molecule has 0 aromatic heterocycles. The third kappa shape index (κ3) is 6.89. The Morgan fingerprint density at radius 2 is 1.61 bits per heavy atom. The molecule has 0 amide bonds. The summed E-state index contributed by atoms with van der Waals surface area (Å²) in [6.07, 6.45) is 10.1. The average Bonchev–Trinajstić information content (AvgIpc) is 3.38. The molecule has 0 atom stereocenters. The molecule has 2 saturated heterocycles. The summed E-state index contributed by atoms with van der Waals surface area (Å²) < 4.78 is 0. The first-order chi connectivity index (χ1) is 10.8. The number of likely N-dealkylation sites (tertiary alicyclic amines) is 1. The molecular formula is C19H38ClN3. The van der Waals surface area contributed by atoms with Gasteiger partial charge in [-0.2, -0.15) is 0 Å². The second-order valence-corrected chi connectivity index (χ2v) is 8.06. The summed E-state index contributed by atoms with van der Waals surface area (Å²) in [5, 5.41) is 3.49. The summed E-state index contributed by atoms with van der Waals surface area (Å²) in [6.45, 7) is 12.9. The van der Waals surface area contributed by atoms with Crippen LogP contribution in [0, 0.1) is 17.8 Å². The molecule has 2 aliphatic heterocycles. The van der Waals surface area contributed by atoms with Crippen LogP contribution in [0.3, 0.4) is 0 Å². The van der Waals surface area contributed by atoms with Crippen molar-refractivity contribution in [3.05, 3.63) is 0 Å². The number of piperidine rings is 2. The molecule has 4 heteroatoms. The lowest BCUT2D eigenvalue weighted by molar-refractivity contribution is 0.136. The molecule has 3 aliphatic rings. The molecule has 1 saturated carbocycles. The van der Waals surface area contributed by atoms with Crippen molar-refractivity contribution in [3.63, 3.8) is 0 Å². The van der Waals surface area contributed by atoms with Gasteiger partial charge in [-0.05, 0) is 102 Å². The fraction of sp³-hybridized carbons (Fsp3) is 1.00. The molecule has 0 spiro atoms. The largest absolute Gasteiger partial charge is 0.317 e. The molecule has 0 unspecified atom stereocenters. The van der Waals surface area contributed by atoms with E-state index in [0.717, 1.165) is 17.8 Å². The van der Waals surface area contributed by atoms with Crippen molar-refractivity contribution in [1.82, 2.24) is 15.1 Å². The topological polar surface area (TPSA) is 18.5 Å². The van der Waals surface area contributed by atoms with Crippen molar-refractivity contribution in [2.75, 3.05) is 52.4 Å². The van der Waals surface area contributed by atoms with Crippen LogP contribution in [-0.2, 0) is 0 Å². The van der Waals surface area contributed by atoms with Crippen LogP contribution in [0.1, 0.15) is 51.9 Å². The van der Waals surface area contributed by atoms with Crippen molar-refractivity contribution < 1.29 is 0 Å². The quantitative estimate of drug-likeness (QED) is 0.730. The fourth-order valence-corrected chi connectivity index (χ4v) is 4.30. The van der Waals surface area contributed by atoms with Crippen molar-refractivity contribution >= 4 is 12.4 Å². The summed E-state index contributed by atoms with van der Waals surface area (Å²) in [4.78, 5) is 5.47. The van der Waals surface area contributed by atoms with Gasteiger partial charge in [0.2, 0.25) is 0 Å². The van der Waals surface area contributed by atoms with Gasteiger partial charge < -0.3 is 15.1 Å². The smallest absolute Gasteiger partial charge is 0.00106 e. The highest BCUT2D eigenvalue weighted by atomic mass is 35.5. The molecule has 3 fully saturated rings. The molecule has 1 aliphatic carbocycles. The van der Waals surface area contributed by atoms with E-state index in [2.05, 4.69) is 22.0 Å². The third-order valence-electron chi connectivity index (χ3n) is 6.20. The molecule has 3 rings (SSSR count). The molecule has 136 valence electrons. The summed E-state index contributed by atoms with van der Waals surface area (Å²) in [6, 6.07) is 0. The van der Waals surface area contributed by atoms with Gasteiger partial charge in [-0.1, -0.05) is 6.92 Å². The van der Waals surface area contributed by atoms with Gasteiger partial charge in [0.1, 0.15) is 0 Å². The van der Waals surface area contributed by atoms with Crippen molar-refractivity contribution in [3.8, 4) is 0 Å².